The number of alkyl halides is 2. The van der Waals surface area contributed by atoms with Gasteiger partial charge in [0, 0.05) is 42.2 Å². The van der Waals surface area contributed by atoms with Crippen LogP contribution in [0.4, 0.5) is 26.5 Å². The van der Waals surface area contributed by atoms with Gasteiger partial charge in [-0.3, -0.25) is 4.79 Å². The van der Waals surface area contributed by atoms with Crippen LogP contribution in [0.1, 0.15) is 50.5 Å². The van der Waals surface area contributed by atoms with Crippen molar-refractivity contribution in [2.24, 2.45) is 0 Å². The quantitative estimate of drug-likeness (QED) is 0.740. The van der Waals surface area contributed by atoms with Gasteiger partial charge in [-0.1, -0.05) is 0 Å². The van der Waals surface area contributed by atoms with Gasteiger partial charge in [-0.15, -0.1) is 0 Å². The molecular formula is C22H25F2N7O2. The molecule has 4 unspecified atom stereocenters. The number of fused-ring (bicyclic) bond motifs is 4. The normalized spacial score (nSPS) is 28.8. The van der Waals surface area contributed by atoms with Crippen molar-refractivity contribution in [3.05, 3.63) is 17.8 Å². The summed E-state index contributed by atoms with van der Waals surface area (Å²) in [6, 6.07) is 1.51. The summed E-state index contributed by atoms with van der Waals surface area (Å²) < 4.78 is 33.5. The van der Waals surface area contributed by atoms with E-state index in [0.717, 1.165) is 25.7 Å². The van der Waals surface area contributed by atoms with Gasteiger partial charge in [0.15, 0.2) is 5.82 Å². The van der Waals surface area contributed by atoms with Gasteiger partial charge in [-0.05, 0) is 31.7 Å². The lowest BCUT2D eigenvalue weighted by Gasteiger charge is -2.37. The van der Waals surface area contributed by atoms with E-state index < -0.39 is 6.43 Å². The third-order valence-electron chi connectivity index (χ3n) is 7.29. The fourth-order valence-electron chi connectivity index (χ4n) is 5.81. The number of nitrogens with two attached hydrogens (primary N) is 1. The van der Waals surface area contributed by atoms with Crippen molar-refractivity contribution in [2.45, 2.75) is 69.1 Å². The summed E-state index contributed by atoms with van der Waals surface area (Å²) in [5.74, 6) is 1.33. The number of hydrogen-bond acceptors (Lipinski definition) is 9. The maximum atomic E-state index is 13.9. The van der Waals surface area contributed by atoms with Crippen LogP contribution in [0.15, 0.2) is 12.3 Å². The molecule has 0 saturated carbocycles. The smallest absolute Gasteiger partial charge is 0.264 e. The Labute approximate surface area is 189 Å². The Bertz CT molecular complexity index is 1070. The zero-order valence-corrected chi connectivity index (χ0v) is 18.0. The molecule has 4 saturated heterocycles. The van der Waals surface area contributed by atoms with Gasteiger partial charge in [0.1, 0.15) is 11.6 Å². The number of anilines is 3. The molecule has 4 bridgehead atoms. The average Bonchev–Trinajstić information content (AvgIpc) is 3.21. The first-order valence-electron chi connectivity index (χ1n) is 11.4. The number of piperidine rings is 1. The van der Waals surface area contributed by atoms with Crippen LogP contribution in [0.3, 0.4) is 0 Å². The summed E-state index contributed by atoms with van der Waals surface area (Å²) in [6.45, 7) is 1.17. The molecule has 0 spiro atoms. The van der Waals surface area contributed by atoms with E-state index in [-0.39, 0.29) is 52.7 Å². The molecule has 4 fully saturated rings. The van der Waals surface area contributed by atoms with Gasteiger partial charge in [-0.25, -0.2) is 13.8 Å². The Hall–Kier alpha value is -2.95. The Kier molecular flexibility index (Phi) is 4.89. The van der Waals surface area contributed by atoms with Crippen LogP contribution in [0, 0.1) is 0 Å². The first-order chi connectivity index (χ1) is 16.0. The fraction of sp³-hybridized carbons (Fsp3) is 0.591. The molecule has 33 heavy (non-hydrogen) atoms. The van der Waals surface area contributed by atoms with Gasteiger partial charge >= 0.3 is 0 Å². The second kappa shape index (κ2) is 7.82. The summed E-state index contributed by atoms with van der Waals surface area (Å²) in [5.41, 5.74) is 5.57. The molecule has 4 aliphatic rings. The van der Waals surface area contributed by atoms with Crippen molar-refractivity contribution in [1.29, 1.82) is 0 Å². The van der Waals surface area contributed by atoms with Crippen LogP contribution in [0.5, 0.6) is 0 Å². The monoisotopic (exact) mass is 457 g/mol. The lowest BCUT2D eigenvalue weighted by atomic mass is 10.0. The number of hydrogen-bond donors (Lipinski definition) is 1. The number of carbonyl (C=O) groups excluding carboxylic acids is 1. The number of ketones is 1. The summed E-state index contributed by atoms with van der Waals surface area (Å²) in [5, 5.41) is 0. The Morgan fingerprint density at radius 2 is 1.52 bits per heavy atom. The van der Waals surface area contributed by atoms with Crippen LogP contribution < -0.4 is 15.5 Å². The number of morpholine rings is 1. The molecule has 9 nitrogen and oxygen atoms in total. The number of pyridine rings is 1. The Balaban J connectivity index is 1.49. The second-order valence-electron chi connectivity index (χ2n) is 9.33. The highest BCUT2D eigenvalue weighted by Gasteiger charge is 2.43. The van der Waals surface area contributed by atoms with Gasteiger partial charge < -0.3 is 20.3 Å². The van der Waals surface area contributed by atoms with Crippen molar-refractivity contribution in [3.63, 3.8) is 0 Å². The molecule has 4 atom stereocenters. The molecule has 2 aromatic rings. The molecule has 6 heterocycles. The van der Waals surface area contributed by atoms with Crippen molar-refractivity contribution in [1.82, 2.24) is 19.9 Å². The molecule has 0 aromatic carbocycles. The SMILES string of the molecule is Nc1cc(C(F)F)c(-c2nc(N3C4CCC3COC4)nc(N3C4CCC3CC(=O)C4)n2)cn1. The number of aromatic nitrogens is 4. The zero-order chi connectivity index (χ0) is 22.7. The van der Waals surface area contributed by atoms with Crippen LogP contribution in [-0.4, -0.2) is 63.1 Å². The molecule has 174 valence electrons. The maximum Gasteiger partial charge on any atom is 0.264 e. The Morgan fingerprint density at radius 3 is 2.12 bits per heavy atom. The van der Waals surface area contributed by atoms with Crippen LogP contribution in [0.2, 0.25) is 0 Å². The van der Waals surface area contributed by atoms with E-state index in [4.69, 9.17) is 15.5 Å². The minimum absolute atomic E-state index is 0.0161. The third kappa shape index (κ3) is 3.49. The molecule has 0 amide bonds. The average molecular weight is 457 g/mol. The van der Waals surface area contributed by atoms with E-state index >= 15 is 0 Å². The largest absolute Gasteiger partial charge is 0.384 e. The highest BCUT2D eigenvalue weighted by molar-refractivity contribution is 5.83. The third-order valence-corrected chi connectivity index (χ3v) is 7.29. The van der Waals surface area contributed by atoms with Crippen LogP contribution >= 0.6 is 0 Å². The first-order valence-corrected chi connectivity index (χ1v) is 11.4. The van der Waals surface area contributed by atoms with E-state index in [2.05, 4.69) is 24.8 Å². The van der Waals surface area contributed by atoms with E-state index in [1.165, 1.54) is 12.3 Å². The molecule has 0 aliphatic carbocycles. The number of carbonyl (C=O) groups is 1. The predicted octanol–water partition coefficient (Wildman–Crippen LogP) is 2.52. The topological polar surface area (TPSA) is 110 Å². The fourth-order valence-corrected chi connectivity index (χ4v) is 5.81. The zero-order valence-electron chi connectivity index (χ0n) is 18.0. The molecule has 0 radical (unpaired) electrons. The predicted molar refractivity (Wildman–Crippen MR) is 116 cm³/mol. The number of ether oxygens (including phenoxy) is 1. The van der Waals surface area contributed by atoms with Gasteiger partial charge in [0.2, 0.25) is 11.9 Å². The first kappa shape index (κ1) is 20.6. The number of halogens is 2. The molecular weight excluding hydrogens is 432 g/mol. The lowest BCUT2D eigenvalue weighted by molar-refractivity contribution is -0.120. The minimum Gasteiger partial charge on any atom is -0.384 e. The van der Waals surface area contributed by atoms with Crippen molar-refractivity contribution in [3.8, 4) is 11.4 Å². The van der Waals surface area contributed by atoms with E-state index in [9.17, 15) is 13.6 Å². The van der Waals surface area contributed by atoms with Gasteiger partial charge in [0.25, 0.3) is 6.43 Å². The number of nitrogen functional groups attached to an aromatic ring is 1. The highest BCUT2D eigenvalue weighted by Crippen LogP contribution is 2.40. The number of Topliss-reactive ketones (excluding diaryl/α,β-unsaturated/α-hetero) is 1. The summed E-state index contributed by atoms with van der Waals surface area (Å²) in [4.78, 5) is 34.6. The molecule has 6 rings (SSSR count). The van der Waals surface area contributed by atoms with Crippen LogP contribution in [-0.2, 0) is 9.53 Å². The van der Waals surface area contributed by atoms with Crippen molar-refractivity contribution in [2.75, 3.05) is 28.7 Å². The number of nitrogens with zero attached hydrogens (tertiary/aromatic N) is 6. The number of rotatable bonds is 4. The Morgan fingerprint density at radius 1 is 0.939 bits per heavy atom. The van der Waals surface area contributed by atoms with E-state index in [0.29, 0.717) is 38.0 Å². The van der Waals surface area contributed by atoms with Crippen LogP contribution in [0.25, 0.3) is 11.4 Å². The standard InChI is InChI=1S/C22H25F2N7O2/c23-19(24)16-7-18(25)26-8-17(16)20-27-21(30-11-1-2-12(30)6-15(32)5-11)29-22(28-20)31-13-3-4-14(31)10-33-9-13/h7-8,11-14,19H,1-6,9-10H2,(H2,25,26). The van der Waals surface area contributed by atoms with E-state index in [1.807, 2.05) is 0 Å². The molecule has 4 aliphatic heterocycles. The molecule has 2 aromatic heterocycles. The van der Waals surface area contributed by atoms with Gasteiger partial charge in [0.05, 0.1) is 25.3 Å². The minimum atomic E-state index is -2.75. The molecule has 11 heteroatoms. The van der Waals surface area contributed by atoms with Crippen molar-refractivity contribution < 1.29 is 18.3 Å². The summed E-state index contributed by atoms with van der Waals surface area (Å²) in [7, 11) is 0. The van der Waals surface area contributed by atoms with Crippen molar-refractivity contribution >= 4 is 23.5 Å². The van der Waals surface area contributed by atoms with Gasteiger partial charge in [-0.2, -0.15) is 15.0 Å². The summed E-state index contributed by atoms with van der Waals surface area (Å²) in [6.07, 6.45) is 3.19. The molecule has 2 N–H and O–H groups in total. The maximum absolute atomic E-state index is 13.9. The van der Waals surface area contributed by atoms with E-state index in [1.54, 1.807) is 0 Å². The lowest BCUT2D eigenvalue weighted by Crippen LogP contribution is -2.48. The highest BCUT2D eigenvalue weighted by atomic mass is 19.3. The second-order valence-corrected chi connectivity index (χ2v) is 9.33. The summed E-state index contributed by atoms with van der Waals surface area (Å²) >= 11 is 0.